The lowest BCUT2D eigenvalue weighted by Gasteiger charge is -2.15. The van der Waals surface area contributed by atoms with Crippen LogP contribution >= 0.6 is 33.9 Å². The monoisotopic (exact) mass is 389 g/mol. The van der Waals surface area contributed by atoms with Crippen LogP contribution in [0.1, 0.15) is 24.4 Å². The molecule has 0 saturated carbocycles. The molecular weight excluding hydrogens is 377 g/mol. The van der Waals surface area contributed by atoms with Gasteiger partial charge in [-0.1, -0.05) is 6.92 Å². The summed E-state index contributed by atoms with van der Waals surface area (Å²) in [4.78, 5) is 15.0. The summed E-state index contributed by atoms with van der Waals surface area (Å²) in [6, 6.07) is 5.16. The maximum absolute atomic E-state index is 11.1. The van der Waals surface area contributed by atoms with Crippen LogP contribution in [0, 0.1) is 13.7 Å². The second-order valence-corrected chi connectivity index (χ2v) is 6.07. The summed E-state index contributed by atoms with van der Waals surface area (Å²) in [6.07, 6.45) is 2.56. The summed E-state index contributed by atoms with van der Waals surface area (Å²) >= 11 is 3.61. The Morgan fingerprint density at radius 1 is 1.58 bits per heavy atom. The summed E-state index contributed by atoms with van der Waals surface area (Å²) in [7, 11) is 0. The van der Waals surface area contributed by atoms with Crippen molar-refractivity contribution in [2.45, 2.75) is 19.4 Å². The third kappa shape index (κ3) is 3.41. The van der Waals surface area contributed by atoms with Crippen LogP contribution in [0.25, 0.3) is 0 Å². The number of aromatic nitrogens is 1. The van der Waals surface area contributed by atoms with E-state index >= 15 is 0 Å². The molecule has 7 heteroatoms. The fraction of sp³-hybridized carbons (Fsp3) is 0.250. The molecule has 0 radical (unpaired) electrons. The van der Waals surface area contributed by atoms with Crippen LogP contribution in [0.5, 0.6) is 0 Å². The minimum absolute atomic E-state index is 0.00115. The van der Waals surface area contributed by atoms with Crippen LogP contribution in [0.3, 0.4) is 0 Å². The number of nitrogens with zero attached hydrogens (tertiary/aromatic N) is 2. The number of nitrogens with one attached hydrogen (secondary N) is 1. The van der Waals surface area contributed by atoms with Gasteiger partial charge >= 0.3 is 0 Å². The van der Waals surface area contributed by atoms with Gasteiger partial charge in [0.1, 0.15) is 10.7 Å². The quantitative estimate of drug-likeness (QED) is 0.472. The Bertz CT molecular complexity index is 574. The van der Waals surface area contributed by atoms with Gasteiger partial charge in [-0.3, -0.25) is 10.1 Å². The van der Waals surface area contributed by atoms with Crippen molar-refractivity contribution < 1.29 is 4.92 Å². The average molecular weight is 389 g/mol. The predicted octanol–water partition coefficient (Wildman–Crippen LogP) is 4.22. The fourth-order valence-electron chi connectivity index (χ4n) is 1.71. The van der Waals surface area contributed by atoms with Crippen LogP contribution in [-0.2, 0) is 0 Å². The molecule has 0 fully saturated rings. The van der Waals surface area contributed by atoms with Gasteiger partial charge in [0.25, 0.3) is 5.69 Å². The molecule has 0 bridgehead atoms. The van der Waals surface area contributed by atoms with Crippen molar-refractivity contribution in [1.29, 1.82) is 0 Å². The van der Waals surface area contributed by atoms with Gasteiger partial charge in [-0.25, -0.2) is 4.98 Å². The minimum Gasteiger partial charge on any atom is -0.370 e. The van der Waals surface area contributed by atoms with Gasteiger partial charge in [0, 0.05) is 21.2 Å². The SMILES string of the molecule is CCC(Nc1ccc(I)cc1[N+](=O)[O-])c1nccs1. The van der Waals surface area contributed by atoms with Crippen LogP contribution in [-0.4, -0.2) is 9.91 Å². The van der Waals surface area contributed by atoms with E-state index in [1.165, 1.54) is 0 Å². The van der Waals surface area contributed by atoms with Gasteiger partial charge < -0.3 is 5.32 Å². The van der Waals surface area contributed by atoms with Gasteiger partial charge in [0.05, 0.1) is 11.0 Å². The predicted molar refractivity (Wildman–Crippen MR) is 84.6 cm³/mol. The van der Waals surface area contributed by atoms with Crippen LogP contribution in [0.2, 0.25) is 0 Å². The molecule has 1 aromatic carbocycles. The molecule has 1 unspecified atom stereocenters. The lowest BCUT2D eigenvalue weighted by atomic mass is 10.2. The van der Waals surface area contributed by atoms with Gasteiger partial charge in [0.15, 0.2) is 0 Å². The highest BCUT2D eigenvalue weighted by Crippen LogP contribution is 2.31. The summed E-state index contributed by atoms with van der Waals surface area (Å²) in [5, 5.41) is 17.1. The number of benzene rings is 1. The van der Waals surface area contributed by atoms with Crippen LogP contribution < -0.4 is 5.32 Å². The number of halogens is 1. The summed E-state index contributed by atoms with van der Waals surface area (Å²) in [6.45, 7) is 2.03. The fourth-order valence-corrected chi connectivity index (χ4v) is 2.96. The summed E-state index contributed by atoms with van der Waals surface area (Å²) < 4.78 is 0.845. The number of thiazole rings is 1. The molecule has 2 aromatic rings. The lowest BCUT2D eigenvalue weighted by Crippen LogP contribution is -2.10. The van der Waals surface area contributed by atoms with E-state index in [-0.39, 0.29) is 16.7 Å². The van der Waals surface area contributed by atoms with Crippen molar-refractivity contribution in [3.05, 3.63) is 48.5 Å². The first-order valence-corrected chi connectivity index (χ1v) is 7.67. The molecule has 1 N–H and O–H groups in total. The van der Waals surface area contributed by atoms with E-state index in [4.69, 9.17) is 0 Å². The first-order chi connectivity index (χ1) is 9.11. The second-order valence-electron chi connectivity index (χ2n) is 3.89. The average Bonchev–Trinajstić information content (AvgIpc) is 2.90. The van der Waals surface area contributed by atoms with E-state index in [9.17, 15) is 10.1 Å². The number of nitro groups is 1. The summed E-state index contributed by atoms with van der Waals surface area (Å²) in [5.74, 6) is 0. The van der Waals surface area contributed by atoms with Crippen LogP contribution in [0.4, 0.5) is 11.4 Å². The molecular formula is C12H12IN3O2S. The molecule has 1 heterocycles. The van der Waals surface area contributed by atoms with Gasteiger partial charge in [-0.15, -0.1) is 11.3 Å². The molecule has 2 rings (SSSR count). The van der Waals surface area contributed by atoms with Crippen molar-refractivity contribution in [3.63, 3.8) is 0 Å². The normalized spacial score (nSPS) is 12.1. The molecule has 1 aromatic heterocycles. The van der Waals surface area contributed by atoms with E-state index in [0.29, 0.717) is 5.69 Å². The highest BCUT2D eigenvalue weighted by Gasteiger charge is 2.19. The Labute approximate surface area is 128 Å². The Morgan fingerprint density at radius 3 is 2.95 bits per heavy atom. The molecule has 0 saturated heterocycles. The number of anilines is 1. The first-order valence-electron chi connectivity index (χ1n) is 5.71. The van der Waals surface area contributed by atoms with E-state index in [1.54, 1.807) is 29.7 Å². The highest BCUT2D eigenvalue weighted by atomic mass is 127. The number of hydrogen-bond donors (Lipinski definition) is 1. The maximum atomic E-state index is 11.1. The maximum Gasteiger partial charge on any atom is 0.293 e. The van der Waals surface area contributed by atoms with Gasteiger partial charge in [-0.05, 0) is 41.1 Å². The Morgan fingerprint density at radius 2 is 2.37 bits per heavy atom. The first kappa shape index (κ1) is 14.2. The molecule has 0 aliphatic rings. The van der Waals surface area contributed by atoms with E-state index in [0.717, 1.165) is 15.0 Å². The second kappa shape index (κ2) is 6.29. The standard InChI is InChI=1S/C12H12IN3O2S/c1-2-9(12-14-5-6-19-12)15-10-4-3-8(13)7-11(10)16(17)18/h3-7,9,15H,2H2,1H3. The van der Waals surface area contributed by atoms with E-state index in [2.05, 4.69) is 32.9 Å². The molecule has 100 valence electrons. The van der Waals surface area contributed by atoms with Crippen molar-refractivity contribution in [2.24, 2.45) is 0 Å². The zero-order valence-electron chi connectivity index (χ0n) is 10.2. The Hall–Kier alpha value is -1.22. The smallest absolute Gasteiger partial charge is 0.293 e. The zero-order chi connectivity index (χ0) is 13.8. The zero-order valence-corrected chi connectivity index (χ0v) is 13.1. The molecule has 0 aliphatic heterocycles. The molecule has 0 amide bonds. The molecule has 5 nitrogen and oxygen atoms in total. The largest absolute Gasteiger partial charge is 0.370 e. The molecule has 19 heavy (non-hydrogen) atoms. The van der Waals surface area contributed by atoms with Gasteiger partial charge in [-0.2, -0.15) is 0 Å². The van der Waals surface area contributed by atoms with Crippen molar-refractivity contribution in [1.82, 2.24) is 4.98 Å². The van der Waals surface area contributed by atoms with Crippen LogP contribution in [0.15, 0.2) is 29.8 Å². The van der Waals surface area contributed by atoms with Crippen molar-refractivity contribution in [3.8, 4) is 0 Å². The van der Waals surface area contributed by atoms with Crippen molar-refractivity contribution in [2.75, 3.05) is 5.32 Å². The number of rotatable bonds is 5. The number of nitro benzene ring substituents is 1. The molecule has 0 spiro atoms. The third-order valence-electron chi connectivity index (χ3n) is 2.64. The van der Waals surface area contributed by atoms with E-state index < -0.39 is 0 Å². The topological polar surface area (TPSA) is 68.1 Å². The van der Waals surface area contributed by atoms with E-state index in [1.807, 2.05) is 18.4 Å². The Kier molecular flexibility index (Phi) is 4.70. The Balaban J connectivity index is 2.29. The van der Waals surface area contributed by atoms with Crippen molar-refractivity contribution >= 4 is 45.3 Å². The molecule has 0 aliphatic carbocycles. The number of hydrogen-bond acceptors (Lipinski definition) is 5. The van der Waals surface area contributed by atoms with Gasteiger partial charge in [0.2, 0.25) is 0 Å². The lowest BCUT2D eigenvalue weighted by molar-refractivity contribution is -0.384. The minimum atomic E-state index is -0.362. The third-order valence-corrected chi connectivity index (χ3v) is 4.20. The summed E-state index contributed by atoms with van der Waals surface area (Å²) in [5.41, 5.74) is 0.634. The highest BCUT2D eigenvalue weighted by molar-refractivity contribution is 14.1. The molecule has 1 atom stereocenters.